The largest absolute Gasteiger partial charge is 0.337 e. The minimum atomic E-state index is 1.09. The first-order valence-corrected chi connectivity index (χ1v) is 4.31. The van der Waals surface area contributed by atoms with Crippen molar-refractivity contribution in [2.24, 2.45) is 0 Å². The van der Waals surface area contributed by atoms with E-state index in [1.165, 1.54) is 25.7 Å². The van der Waals surface area contributed by atoms with Gasteiger partial charge in [-0.3, -0.25) is 0 Å². The van der Waals surface area contributed by atoms with Crippen LogP contribution < -0.4 is 0 Å². The van der Waals surface area contributed by atoms with Gasteiger partial charge < -0.3 is 4.57 Å². The Morgan fingerprint density at radius 1 is 1.36 bits per heavy atom. The molecule has 0 aromatic carbocycles. The average molecular weight is 151 g/mol. The van der Waals surface area contributed by atoms with Crippen LogP contribution in [-0.4, -0.2) is 9.55 Å². The molecule has 0 atom stereocenters. The Balaban J connectivity index is 2.04. The lowest BCUT2D eigenvalue weighted by Gasteiger charge is -1.99. The summed E-state index contributed by atoms with van der Waals surface area (Å²) in [4.78, 5) is 3.86. The zero-order chi connectivity index (χ0) is 7.94. The number of hydrogen-bond acceptors (Lipinski definition) is 1. The van der Waals surface area contributed by atoms with Gasteiger partial charge in [0.25, 0.3) is 0 Å². The molecule has 0 aliphatic carbocycles. The van der Waals surface area contributed by atoms with Crippen molar-refractivity contribution in [2.75, 3.05) is 0 Å². The SMILES string of the molecule is CCCCCCn1c[c]nc1. The molecule has 1 heterocycles. The maximum atomic E-state index is 3.86. The zero-order valence-corrected chi connectivity index (χ0v) is 7.08. The summed E-state index contributed by atoms with van der Waals surface area (Å²) in [5.41, 5.74) is 0. The van der Waals surface area contributed by atoms with Gasteiger partial charge in [-0.1, -0.05) is 26.2 Å². The number of rotatable bonds is 5. The van der Waals surface area contributed by atoms with Gasteiger partial charge in [-0.15, -0.1) is 0 Å². The molecule has 1 aromatic heterocycles. The van der Waals surface area contributed by atoms with Gasteiger partial charge in [0.05, 0.1) is 6.33 Å². The van der Waals surface area contributed by atoms with E-state index in [0.717, 1.165) is 6.54 Å². The minimum Gasteiger partial charge on any atom is -0.337 e. The molecular formula is C9H15N2. The number of hydrogen-bond donors (Lipinski definition) is 0. The lowest BCUT2D eigenvalue weighted by atomic mass is 10.2. The van der Waals surface area contributed by atoms with Crippen LogP contribution in [0, 0.1) is 6.20 Å². The van der Waals surface area contributed by atoms with Gasteiger partial charge in [0, 0.05) is 12.7 Å². The molecule has 2 heteroatoms. The molecule has 1 rings (SSSR count). The predicted octanol–water partition coefficient (Wildman–Crippen LogP) is 2.26. The first kappa shape index (κ1) is 8.31. The van der Waals surface area contributed by atoms with Crippen LogP contribution >= 0.6 is 0 Å². The van der Waals surface area contributed by atoms with Crippen LogP contribution in [0.25, 0.3) is 0 Å². The normalized spacial score (nSPS) is 10.3. The topological polar surface area (TPSA) is 17.8 Å². The summed E-state index contributed by atoms with van der Waals surface area (Å²) in [5.74, 6) is 0. The molecule has 0 unspecified atom stereocenters. The third kappa shape index (κ3) is 3.21. The zero-order valence-electron chi connectivity index (χ0n) is 7.08. The standard InChI is InChI=1S/C9H15N2/c1-2-3-4-5-7-11-8-6-10-9-11/h8-9H,2-5,7H2,1H3. The van der Waals surface area contributed by atoms with Crippen molar-refractivity contribution in [1.82, 2.24) is 9.55 Å². The Labute approximate surface area is 68.3 Å². The molecule has 2 nitrogen and oxygen atoms in total. The lowest BCUT2D eigenvalue weighted by Crippen LogP contribution is -1.93. The minimum absolute atomic E-state index is 1.09. The summed E-state index contributed by atoms with van der Waals surface area (Å²) in [6.45, 7) is 3.32. The molecule has 1 radical (unpaired) electrons. The number of aryl methyl sites for hydroxylation is 1. The van der Waals surface area contributed by atoms with Crippen LogP contribution in [0.1, 0.15) is 32.6 Å². The smallest absolute Gasteiger partial charge is 0.108 e. The van der Waals surface area contributed by atoms with Gasteiger partial charge in [0.2, 0.25) is 0 Å². The predicted molar refractivity (Wildman–Crippen MR) is 45.2 cm³/mol. The summed E-state index contributed by atoms with van der Waals surface area (Å²) in [6, 6.07) is 0. The molecule has 0 saturated heterocycles. The van der Waals surface area contributed by atoms with Crippen LogP contribution in [0.15, 0.2) is 12.5 Å². The van der Waals surface area contributed by atoms with Gasteiger partial charge in [-0.05, 0) is 6.42 Å². The molecule has 1 aromatic rings. The van der Waals surface area contributed by atoms with Crippen molar-refractivity contribution in [2.45, 2.75) is 39.2 Å². The summed E-state index contributed by atoms with van der Waals surface area (Å²) in [6.07, 6.45) is 11.7. The van der Waals surface area contributed by atoms with Gasteiger partial charge in [0.15, 0.2) is 0 Å². The van der Waals surface area contributed by atoms with E-state index in [1.807, 2.05) is 12.5 Å². The van der Waals surface area contributed by atoms with E-state index in [1.54, 1.807) is 0 Å². The van der Waals surface area contributed by atoms with Crippen LogP contribution in [0.4, 0.5) is 0 Å². The number of aromatic nitrogens is 2. The molecule has 0 aliphatic heterocycles. The van der Waals surface area contributed by atoms with Gasteiger partial charge in [-0.2, -0.15) is 0 Å². The van der Waals surface area contributed by atoms with Crippen LogP contribution in [-0.2, 0) is 6.54 Å². The van der Waals surface area contributed by atoms with E-state index in [-0.39, 0.29) is 0 Å². The monoisotopic (exact) mass is 151 g/mol. The summed E-state index contributed by atoms with van der Waals surface area (Å²) < 4.78 is 2.08. The fraction of sp³-hybridized carbons (Fsp3) is 0.667. The molecular weight excluding hydrogens is 136 g/mol. The fourth-order valence-electron chi connectivity index (χ4n) is 1.09. The third-order valence-electron chi connectivity index (χ3n) is 1.77. The molecule has 0 spiro atoms. The Kier molecular flexibility index (Phi) is 3.73. The van der Waals surface area contributed by atoms with E-state index < -0.39 is 0 Å². The summed E-state index contributed by atoms with van der Waals surface area (Å²) in [7, 11) is 0. The number of nitrogens with zero attached hydrogens (tertiary/aromatic N) is 2. The highest BCUT2D eigenvalue weighted by Crippen LogP contribution is 2.00. The van der Waals surface area contributed by atoms with E-state index in [2.05, 4.69) is 22.7 Å². The second kappa shape index (κ2) is 4.94. The first-order chi connectivity index (χ1) is 5.43. The Morgan fingerprint density at radius 2 is 2.27 bits per heavy atom. The molecule has 0 saturated carbocycles. The van der Waals surface area contributed by atoms with Crippen molar-refractivity contribution < 1.29 is 0 Å². The van der Waals surface area contributed by atoms with Gasteiger partial charge in [0.1, 0.15) is 6.20 Å². The van der Waals surface area contributed by atoms with E-state index in [9.17, 15) is 0 Å². The Morgan fingerprint density at radius 3 is 2.91 bits per heavy atom. The molecule has 0 aliphatic rings. The highest BCUT2D eigenvalue weighted by Gasteiger charge is 1.89. The molecule has 61 valence electrons. The maximum Gasteiger partial charge on any atom is 0.108 e. The highest BCUT2D eigenvalue weighted by molar-refractivity contribution is 4.71. The number of unbranched alkanes of at least 4 members (excludes halogenated alkanes) is 3. The summed E-state index contributed by atoms with van der Waals surface area (Å²) >= 11 is 0. The third-order valence-corrected chi connectivity index (χ3v) is 1.77. The molecule has 0 fully saturated rings. The highest BCUT2D eigenvalue weighted by atomic mass is 15.0. The fourth-order valence-corrected chi connectivity index (χ4v) is 1.09. The van der Waals surface area contributed by atoms with Crippen molar-refractivity contribution in [3.05, 3.63) is 18.7 Å². The van der Waals surface area contributed by atoms with Gasteiger partial charge in [-0.25, -0.2) is 4.98 Å². The van der Waals surface area contributed by atoms with E-state index >= 15 is 0 Å². The van der Waals surface area contributed by atoms with Crippen molar-refractivity contribution in [3.8, 4) is 0 Å². The summed E-state index contributed by atoms with van der Waals surface area (Å²) in [5, 5.41) is 0. The number of imidazole rings is 1. The van der Waals surface area contributed by atoms with Crippen LogP contribution in [0.2, 0.25) is 0 Å². The quantitative estimate of drug-likeness (QED) is 0.590. The molecule has 0 N–H and O–H groups in total. The molecule has 0 bridgehead atoms. The Bertz CT molecular complexity index is 168. The van der Waals surface area contributed by atoms with Crippen molar-refractivity contribution in [1.29, 1.82) is 0 Å². The molecule has 11 heavy (non-hydrogen) atoms. The molecule has 0 amide bonds. The second-order valence-electron chi connectivity index (χ2n) is 2.80. The van der Waals surface area contributed by atoms with Crippen LogP contribution in [0.5, 0.6) is 0 Å². The van der Waals surface area contributed by atoms with E-state index in [0.29, 0.717) is 0 Å². The maximum absolute atomic E-state index is 3.86. The van der Waals surface area contributed by atoms with Gasteiger partial charge >= 0.3 is 0 Å². The Hall–Kier alpha value is -0.790. The lowest BCUT2D eigenvalue weighted by molar-refractivity contribution is 0.582. The average Bonchev–Trinajstić information content (AvgIpc) is 2.50. The second-order valence-corrected chi connectivity index (χ2v) is 2.80. The van der Waals surface area contributed by atoms with E-state index in [4.69, 9.17) is 0 Å². The first-order valence-electron chi connectivity index (χ1n) is 4.31. The van der Waals surface area contributed by atoms with Crippen molar-refractivity contribution in [3.63, 3.8) is 0 Å². The van der Waals surface area contributed by atoms with Crippen LogP contribution in [0.3, 0.4) is 0 Å². The van der Waals surface area contributed by atoms with Crippen molar-refractivity contribution >= 4 is 0 Å².